The van der Waals surface area contributed by atoms with Gasteiger partial charge in [-0.2, -0.15) is 0 Å². The van der Waals surface area contributed by atoms with Crippen LogP contribution < -0.4 is 0 Å². The summed E-state index contributed by atoms with van der Waals surface area (Å²) in [5.41, 5.74) is 1.99. The van der Waals surface area contributed by atoms with Gasteiger partial charge in [0.05, 0.1) is 17.3 Å². The van der Waals surface area contributed by atoms with Gasteiger partial charge < -0.3 is 13.9 Å². The summed E-state index contributed by atoms with van der Waals surface area (Å²) in [6, 6.07) is 9.63. The molecule has 5 heteroatoms. The molecule has 0 fully saturated rings. The van der Waals surface area contributed by atoms with E-state index in [4.69, 9.17) is 21.0 Å². The van der Waals surface area contributed by atoms with Crippen LogP contribution in [0.2, 0.25) is 5.02 Å². The first-order valence-electron chi connectivity index (χ1n) is 7.65. The number of aromatic nitrogens is 2. The Kier molecular flexibility index (Phi) is 4.50. The second-order valence-corrected chi connectivity index (χ2v) is 5.66. The van der Waals surface area contributed by atoms with Gasteiger partial charge in [-0.15, -0.1) is 0 Å². The molecule has 0 aliphatic carbocycles. The molecule has 4 nitrogen and oxygen atoms in total. The number of likely N-dealkylation sites (N-methyl/N-ethyl adjacent to an activating group) is 1. The lowest BCUT2D eigenvalue weighted by atomic mass is 10.3. The molecule has 2 heterocycles. The van der Waals surface area contributed by atoms with Gasteiger partial charge in [0.25, 0.3) is 0 Å². The average Bonchev–Trinajstić information content (AvgIpc) is 3.16. The molecule has 0 N–H and O–H groups in total. The van der Waals surface area contributed by atoms with E-state index in [2.05, 4.69) is 23.3 Å². The fourth-order valence-corrected chi connectivity index (χ4v) is 2.86. The van der Waals surface area contributed by atoms with Gasteiger partial charge in [0, 0.05) is 18.1 Å². The van der Waals surface area contributed by atoms with E-state index in [-0.39, 0.29) is 0 Å². The van der Waals surface area contributed by atoms with Gasteiger partial charge in [-0.25, -0.2) is 4.98 Å². The lowest BCUT2D eigenvalue weighted by molar-refractivity contribution is 0.292. The molecule has 0 aliphatic rings. The minimum atomic E-state index is 0.725. The molecule has 0 amide bonds. The Morgan fingerprint density at radius 3 is 2.73 bits per heavy atom. The van der Waals surface area contributed by atoms with Crippen molar-refractivity contribution in [1.82, 2.24) is 14.5 Å². The molecule has 3 rings (SSSR count). The van der Waals surface area contributed by atoms with Gasteiger partial charge in [-0.1, -0.05) is 25.4 Å². The fraction of sp³-hybridized carbons (Fsp3) is 0.353. The zero-order valence-electron chi connectivity index (χ0n) is 12.9. The molecule has 116 valence electrons. The third-order valence-electron chi connectivity index (χ3n) is 3.99. The Morgan fingerprint density at radius 1 is 1.23 bits per heavy atom. The quantitative estimate of drug-likeness (QED) is 0.680. The topological polar surface area (TPSA) is 34.2 Å². The molecule has 0 bridgehead atoms. The second-order valence-electron chi connectivity index (χ2n) is 5.22. The number of furan rings is 1. The average molecular weight is 318 g/mol. The van der Waals surface area contributed by atoms with Gasteiger partial charge in [-0.05, 0) is 43.4 Å². The van der Waals surface area contributed by atoms with E-state index in [9.17, 15) is 0 Å². The van der Waals surface area contributed by atoms with Crippen LogP contribution >= 0.6 is 11.6 Å². The number of halogens is 1. The zero-order chi connectivity index (χ0) is 15.5. The van der Waals surface area contributed by atoms with Crippen molar-refractivity contribution in [2.45, 2.75) is 20.4 Å². The molecule has 0 saturated carbocycles. The van der Waals surface area contributed by atoms with Crippen molar-refractivity contribution in [3.63, 3.8) is 0 Å². The molecule has 3 aromatic rings. The van der Waals surface area contributed by atoms with E-state index in [1.807, 2.05) is 30.3 Å². The normalized spacial score (nSPS) is 11.6. The smallest absolute Gasteiger partial charge is 0.177 e. The lowest BCUT2D eigenvalue weighted by Gasteiger charge is -2.19. The number of rotatable bonds is 6. The summed E-state index contributed by atoms with van der Waals surface area (Å²) in [7, 11) is 0. The number of fused-ring (bicyclic) bond motifs is 1. The van der Waals surface area contributed by atoms with E-state index in [0.717, 1.165) is 53.8 Å². The van der Waals surface area contributed by atoms with Gasteiger partial charge in [0.2, 0.25) is 0 Å². The van der Waals surface area contributed by atoms with Crippen molar-refractivity contribution in [2.75, 3.05) is 19.6 Å². The SMILES string of the molecule is CCN(CC)CCn1c(-c2ccco2)nc2ccc(Cl)cc21. The van der Waals surface area contributed by atoms with E-state index in [1.54, 1.807) is 6.26 Å². The molecule has 0 radical (unpaired) electrons. The van der Waals surface area contributed by atoms with Crippen LogP contribution in [-0.4, -0.2) is 34.1 Å². The number of nitrogens with zero attached hydrogens (tertiary/aromatic N) is 3. The maximum atomic E-state index is 6.17. The molecule has 0 spiro atoms. The Bertz CT molecular complexity index is 745. The second kappa shape index (κ2) is 6.55. The van der Waals surface area contributed by atoms with Crippen molar-refractivity contribution >= 4 is 22.6 Å². The van der Waals surface area contributed by atoms with Crippen LogP contribution in [0.4, 0.5) is 0 Å². The van der Waals surface area contributed by atoms with Crippen molar-refractivity contribution in [3.8, 4) is 11.6 Å². The Labute approximate surface area is 135 Å². The third-order valence-corrected chi connectivity index (χ3v) is 4.22. The van der Waals surface area contributed by atoms with Crippen LogP contribution in [0.3, 0.4) is 0 Å². The molecule has 0 aliphatic heterocycles. The van der Waals surface area contributed by atoms with Crippen LogP contribution in [-0.2, 0) is 6.54 Å². The molecule has 1 aromatic carbocycles. The Balaban J connectivity index is 2.04. The highest BCUT2D eigenvalue weighted by molar-refractivity contribution is 6.31. The number of hydrogen-bond acceptors (Lipinski definition) is 3. The number of benzene rings is 1. The molecular weight excluding hydrogens is 298 g/mol. The maximum Gasteiger partial charge on any atom is 0.177 e. The van der Waals surface area contributed by atoms with Gasteiger partial charge >= 0.3 is 0 Å². The van der Waals surface area contributed by atoms with Crippen LogP contribution in [0.15, 0.2) is 41.0 Å². The van der Waals surface area contributed by atoms with Crippen molar-refractivity contribution in [1.29, 1.82) is 0 Å². The first kappa shape index (κ1) is 15.1. The molecular formula is C17H20ClN3O. The van der Waals surface area contributed by atoms with Gasteiger partial charge in [0.1, 0.15) is 0 Å². The summed E-state index contributed by atoms with van der Waals surface area (Å²) in [4.78, 5) is 7.11. The highest BCUT2D eigenvalue weighted by atomic mass is 35.5. The minimum absolute atomic E-state index is 0.725. The highest BCUT2D eigenvalue weighted by Gasteiger charge is 2.15. The fourth-order valence-electron chi connectivity index (χ4n) is 2.70. The molecule has 0 atom stereocenters. The van der Waals surface area contributed by atoms with E-state index >= 15 is 0 Å². The summed E-state index contributed by atoms with van der Waals surface area (Å²) in [6.45, 7) is 8.27. The van der Waals surface area contributed by atoms with Crippen molar-refractivity contribution in [3.05, 3.63) is 41.6 Å². The third kappa shape index (κ3) is 2.89. The first-order chi connectivity index (χ1) is 10.7. The summed E-state index contributed by atoms with van der Waals surface area (Å²) in [5.74, 6) is 1.64. The van der Waals surface area contributed by atoms with Crippen LogP contribution in [0, 0.1) is 0 Å². The van der Waals surface area contributed by atoms with Crippen LogP contribution in [0.1, 0.15) is 13.8 Å². The number of hydrogen-bond donors (Lipinski definition) is 0. The van der Waals surface area contributed by atoms with Crippen LogP contribution in [0.5, 0.6) is 0 Å². The predicted octanol–water partition coefficient (Wildman–Crippen LogP) is 4.29. The zero-order valence-corrected chi connectivity index (χ0v) is 13.7. The monoisotopic (exact) mass is 317 g/mol. The first-order valence-corrected chi connectivity index (χ1v) is 8.02. The lowest BCUT2D eigenvalue weighted by Crippen LogP contribution is -2.27. The van der Waals surface area contributed by atoms with E-state index in [1.165, 1.54) is 0 Å². The molecule has 0 saturated heterocycles. The summed E-state index contributed by atoms with van der Waals surface area (Å²) in [6.07, 6.45) is 1.68. The Hall–Kier alpha value is -1.78. The summed E-state index contributed by atoms with van der Waals surface area (Å²) >= 11 is 6.17. The van der Waals surface area contributed by atoms with Crippen molar-refractivity contribution < 1.29 is 4.42 Å². The molecule has 0 unspecified atom stereocenters. The summed E-state index contributed by atoms with van der Waals surface area (Å²) in [5, 5.41) is 0.725. The number of imidazole rings is 1. The maximum absolute atomic E-state index is 6.17. The molecule has 2 aromatic heterocycles. The summed E-state index contributed by atoms with van der Waals surface area (Å²) < 4.78 is 7.74. The standard InChI is InChI=1S/C17H20ClN3O/c1-3-20(4-2)9-10-21-15-12-13(18)7-8-14(15)19-17(21)16-6-5-11-22-16/h5-8,11-12H,3-4,9-10H2,1-2H3. The minimum Gasteiger partial charge on any atom is -0.461 e. The van der Waals surface area contributed by atoms with Crippen LogP contribution in [0.25, 0.3) is 22.6 Å². The highest BCUT2D eigenvalue weighted by Crippen LogP contribution is 2.27. The van der Waals surface area contributed by atoms with E-state index in [0.29, 0.717) is 0 Å². The van der Waals surface area contributed by atoms with Gasteiger partial charge in [-0.3, -0.25) is 0 Å². The van der Waals surface area contributed by atoms with E-state index < -0.39 is 0 Å². The van der Waals surface area contributed by atoms with Gasteiger partial charge in [0.15, 0.2) is 11.6 Å². The molecule has 22 heavy (non-hydrogen) atoms. The largest absolute Gasteiger partial charge is 0.461 e. The predicted molar refractivity (Wildman–Crippen MR) is 90.2 cm³/mol. The Morgan fingerprint density at radius 2 is 2.05 bits per heavy atom. The van der Waals surface area contributed by atoms with Crippen molar-refractivity contribution in [2.24, 2.45) is 0 Å².